The van der Waals surface area contributed by atoms with E-state index in [0.29, 0.717) is 0 Å². The maximum atomic E-state index is 11.8. The molecule has 17 heavy (non-hydrogen) atoms. The first kappa shape index (κ1) is 14.3. The maximum Gasteiger partial charge on any atom is 0.390 e. The van der Waals surface area contributed by atoms with Crippen LogP contribution in [0.4, 0.5) is 13.2 Å². The Kier molecular flexibility index (Phi) is 4.05. The van der Waals surface area contributed by atoms with Crippen LogP contribution in [0.3, 0.4) is 0 Å². The molecule has 5 nitrogen and oxygen atoms in total. The number of aryl methyl sites for hydroxylation is 1. The van der Waals surface area contributed by atoms with Gasteiger partial charge in [-0.05, 0) is 0 Å². The number of sulfonamides is 1. The first-order valence-electron chi connectivity index (χ1n) is 4.37. The lowest BCUT2D eigenvalue weighted by Gasteiger charge is -2.07. The minimum Gasteiger partial charge on any atom is -0.324 e. The molecule has 0 saturated heterocycles. The van der Waals surface area contributed by atoms with E-state index in [1.807, 2.05) is 0 Å². The Morgan fingerprint density at radius 2 is 2.12 bits per heavy atom. The maximum absolute atomic E-state index is 11.8. The van der Waals surface area contributed by atoms with Crippen LogP contribution in [0.2, 0.25) is 5.15 Å². The van der Waals surface area contributed by atoms with E-state index >= 15 is 0 Å². The highest BCUT2D eigenvalue weighted by Gasteiger charge is 2.28. The quantitative estimate of drug-likeness (QED) is 0.909. The van der Waals surface area contributed by atoms with Gasteiger partial charge in [0.2, 0.25) is 5.03 Å². The molecule has 0 aliphatic rings. The topological polar surface area (TPSA) is 64.0 Å². The van der Waals surface area contributed by atoms with E-state index in [0.717, 1.165) is 6.33 Å². The largest absolute Gasteiger partial charge is 0.390 e. The van der Waals surface area contributed by atoms with Crippen molar-refractivity contribution in [3.05, 3.63) is 11.5 Å². The number of hydrogen-bond acceptors (Lipinski definition) is 3. The smallest absolute Gasteiger partial charge is 0.324 e. The fraction of sp³-hybridized carbons (Fsp3) is 0.571. The Morgan fingerprint density at radius 1 is 1.53 bits per heavy atom. The van der Waals surface area contributed by atoms with Crippen molar-refractivity contribution < 1.29 is 21.6 Å². The molecule has 0 atom stereocenters. The zero-order valence-electron chi connectivity index (χ0n) is 8.62. The first-order valence-corrected chi connectivity index (χ1v) is 6.23. The van der Waals surface area contributed by atoms with Crippen molar-refractivity contribution in [1.29, 1.82) is 0 Å². The average Bonchev–Trinajstić information content (AvgIpc) is 2.45. The Bertz CT molecular complexity index is 497. The predicted molar refractivity (Wildman–Crippen MR) is 54.1 cm³/mol. The van der Waals surface area contributed by atoms with Crippen molar-refractivity contribution in [2.24, 2.45) is 7.05 Å². The summed E-state index contributed by atoms with van der Waals surface area (Å²) in [5, 5.41) is -0.645. The van der Waals surface area contributed by atoms with Crippen molar-refractivity contribution >= 4 is 21.6 Å². The molecular weight excluding hydrogens is 283 g/mol. The predicted octanol–water partition coefficient (Wildman–Crippen LogP) is 1.30. The molecule has 1 rings (SSSR count). The average molecular weight is 292 g/mol. The molecule has 0 aliphatic heterocycles. The summed E-state index contributed by atoms with van der Waals surface area (Å²) in [6.45, 7) is -0.751. The second-order valence-electron chi connectivity index (χ2n) is 3.21. The van der Waals surface area contributed by atoms with Gasteiger partial charge in [-0.1, -0.05) is 11.6 Å². The number of nitrogens with zero attached hydrogens (tertiary/aromatic N) is 2. The summed E-state index contributed by atoms with van der Waals surface area (Å²) in [5.41, 5.74) is 0. The van der Waals surface area contributed by atoms with Gasteiger partial charge in [0, 0.05) is 13.6 Å². The van der Waals surface area contributed by atoms with Gasteiger partial charge in [0.1, 0.15) is 5.15 Å². The molecule has 0 spiro atoms. The van der Waals surface area contributed by atoms with E-state index in [-0.39, 0.29) is 5.15 Å². The molecule has 0 aliphatic carbocycles. The molecule has 0 bridgehead atoms. The lowest BCUT2D eigenvalue weighted by atomic mass is 10.4. The molecule has 1 N–H and O–H groups in total. The van der Waals surface area contributed by atoms with Gasteiger partial charge in [0.05, 0.1) is 12.7 Å². The van der Waals surface area contributed by atoms with E-state index in [4.69, 9.17) is 11.6 Å². The summed E-state index contributed by atoms with van der Waals surface area (Å²) >= 11 is 5.62. The lowest BCUT2D eigenvalue weighted by Crippen LogP contribution is -2.28. The van der Waals surface area contributed by atoms with E-state index < -0.39 is 34.2 Å². The van der Waals surface area contributed by atoms with Crippen LogP contribution in [0.1, 0.15) is 6.42 Å². The molecule has 1 aromatic heterocycles. The van der Waals surface area contributed by atoms with Crippen molar-refractivity contribution in [3.63, 3.8) is 0 Å². The fourth-order valence-corrected chi connectivity index (χ4v) is 2.43. The van der Waals surface area contributed by atoms with E-state index in [1.165, 1.54) is 11.6 Å². The normalized spacial score (nSPS) is 13.0. The third-order valence-corrected chi connectivity index (χ3v) is 3.74. The highest BCUT2D eigenvalue weighted by molar-refractivity contribution is 7.89. The van der Waals surface area contributed by atoms with Gasteiger partial charge in [-0.15, -0.1) is 0 Å². The second kappa shape index (κ2) is 4.83. The third-order valence-electron chi connectivity index (χ3n) is 1.79. The van der Waals surface area contributed by atoms with E-state index in [9.17, 15) is 21.6 Å². The Hall–Kier alpha value is -0.800. The Labute approximate surface area is 101 Å². The van der Waals surface area contributed by atoms with Crippen LogP contribution in [0.15, 0.2) is 11.4 Å². The van der Waals surface area contributed by atoms with Crippen LogP contribution >= 0.6 is 11.6 Å². The molecule has 1 aromatic rings. The van der Waals surface area contributed by atoms with Crippen LogP contribution in [0, 0.1) is 0 Å². The molecule has 0 amide bonds. The Morgan fingerprint density at radius 3 is 2.53 bits per heavy atom. The summed E-state index contributed by atoms with van der Waals surface area (Å²) in [6.07, 6.45) is -4.52. The number of halogens is 4. The van der Waals surface area contributed by atoms with E-state index in [2.05, 4.69) is 4.98 Å². The number of hydrogen-bond donors (Lipinski definition) is 1. The lowest BCUT2D eigenvalue weighted by molar-refractivity contribution is -0.132. The monoisotopic (exact) mass is 291 g/mol. The zero-order chi connectivity index (χ0) is 13.3. The van der Waals surface area contributed by atoms with Gasteiger partial charge in [-0.3, -0.25) is 0 Å². The molecular formula is C7H9ClF3N3O2S. The van der Waals surface area contributed by atoms with Gasteiger partial charge in [-0.2, -0.15) is 13.2 Å². The molecule has 0 fully saturated rings. The third kappa shape index (κ3) is 3.86. The van der Waals surface area contributed by atoms with Crippen molar-refractivity contribution in [1.82, 2.24) is 14.3 Å². The fourth-order valence-electron chi connectivity index (χ4n) is 0.970. The zero-order valence-corrected chi connectivity index (χ0v) is 10.2. The minimum absolute atomic E-state index is 0.162. The summed E-state index contributed by atoms with van der Waals surface area (Å²) in [4.78, 5) is 3.50. The molecule has 0 unspecified atom stereocenters. The summed E-state index contributed by atoms with van der Waals surface area (Å²) in [5.74, 6) is 0. The highest BCUT2D eigenvalue weighted by atomic mass is 35.5. The molecule has 0 radical (unpaired) electrons. The van der Waals surface area contributed by atoms with Crippen molar-refractivity contribution in [2.45, 2.75) is 17.6 Å². The van der Waals surface area contributed by atoms with Crippen LogP contribution in [0.25, 0.3) is 0 Å². The summed E-state index contributed by atoms with van der Waals surface area (Å²) in [6, 6.07) is 0. The minimum atomic E-state index is -4.42. The molecule has 98 valence electrons. The molecule has 0 aromatic carbocycles. The number of aromatic nitrogens is 2. The van der Waals surface area contributed by atoms with Gasteiger partial charge in [0.15, 0.2) is 0 Å². The highest BCUT2D eigenvalue weighted by Crippen LogP contribution is 2.20. The van der Waals surface area contributed by atoms with Crippen molar-refractivity contribution in [3.8, 4) is 0 Å². The van der Waals surface area contributed by atoms with Gasteiger partial charge < -0.3 is 4.57 Å². The standard InChI is InChI=1S/C7H9ClF3N3O2S/c1-14-4-12-6(5(14)8)17(15,16)13-3-2-7(9,10)11/h4,13H,2-3H2,1H3. The number of alkyl halides is 3. The summed E-state index contributed by atoms with van der Waals surface area (Å²) in [7, 11) is -2.64. The first-order chi connectivity index (χ1) is 7.63. The van der Waals surface area contributed by atoms with Crippen LogP contribution < -0.4 is 4.72 Å². The van der Waals surface area contributed by atoms with Crippen molar-refractivity contribution in [2.75, 3.05) is 6.54 Å². The van der Waals surface area contributed by atoms with Crippen LogP contribution in [-0.2, 0) is 17.1 Å². The van der Waals surface area contributed by atoms with E-state index in [1.54, 1.807) is 4.72 Å². The second-order valence-corrected chi connectivity index (χ2v) is 5.25. The SMILES string of the molecule is Cn1cnc(S(=O)(=O)NCCC(F)(F)F)c1Cl. The van der Waals surface area contributed by atoms with Gasteiger partial charge >= 0.3 is 6.18 Å². The molecule has 0 saturated carbocycles. The summed E-state index contributed by atoms with van der Waals surface area (Å²) < 4.78 is 61.5. The molecule has 10 heteroatoms. The number of imidazole rings is 1. The molecule has 1 heterocycles. The Balaban J connectivity index is 2.74. The van der Waals surface area contributed by atoms with Gasteiger partial charge in [0.25, 0.3) is 10.0 Å². The van der Waals surface area contributed by atoms with Crippen LogP contribution in [0.5, 0.6) is 0 Å². The van der Waals surface area contributed by atoms with Gasteiger partial charge in [-0.25, -0.2) is 18.1 Å². The van der Waals surface area contributed by atoms with Crippen LogP contribution in [-0.4, -0.2) is 30.7 Å². The number of rotatable bonds is 4. The number of nitrogens with one attached hydrogen (secondary N) is 1.